The van der Waals surface area contributed by atoms with Gasteiger partial charge in [0.2, 0.25) is 5.91 Å². The molecule has 1 aliphatic rings. The van der Waals surface area contributed by atoms with E-state index in [1.165, 1.54) is 17.4 Å². The van der Waals surface area contributed by atoms with Crippen LogP contribution in [0, 0.1) is 0 Å². The molecular weight excluding hydrogens is 367 g/mol. The SMILES string of the molecule is O=C(/C=C/c1cccs1)N1CCCC(Oc2nccc(C(F)(F)F)n2)C1. The average Bonchev–Trinajstić information content (AvgIpc) is 3.13. The van der Waals surface area contributed by atoms with Crippen molar-refractivity contribution in [2.75, 3.05) is 13.1 Å². The molecule has 1 saturated heterocycles. The normalized spacial score (nSPS) is 18.3. The van der Waals surface area contributed by atoms with Gasteiger partial charge in [-0.2, -0.15) is 18.2 Å². The van der Waals surface area contributed by atoms with Gasteiger partial charge in [-0.3, -0.25) is 4.79 Å². The van der Waals surface area contributed by atoms with E-state index in [4.69, 9.17) is 4.74 Å². The first-order valence-corrected chi connectivity index (χ1v) is 8.87. The number of aromatic nitrogens is 2. The van der Waals surface area contributed by atoms with Crippen LogP contribution in [0.15, 0.2) is 35.9 Å². The van der Waals surface area contributed by atoms with E-state index in [1.54, 1.807) is 11.0 Å². The van der Waals surface area contributed by atoms with Crippen molar-refractivity contribution >= 4 is 23.3 Å². The Bertz CT molecular complexity index is 778. The van der Waals surface area contributed by atoms with E-state index < -0.39 is 18.0 Å². The van der Waals surface area contributed by atoms with Crippen molar-refractivity contribution in [2.24, 2.45) is 0 Å². The minimum absolute atomic E-state index is 0.156. The molecule has 0 saturated carbocycles. The van der Waals surface area contributed by atoms with Gasteiger partial charge >= 0.3 is 12.2 Å². The number of hydrogen-bond donors (Lipinski definition) is 0. The average molecular weight is 383 g/mol. The molecule has 0 aromatic carbocycles. The summed E-state index contributed by atoms with van der Waals surface area (Å²) >= 11 is 1.53. The number of amides is 1. The quantitative estimate of drug-likeness (QED) is 0.757. The fourth-order valence-electron chi connectivity index (χ4n) is 2.58. The van der Waals surface area contributed by atoms with E-state index in [-0.39, 0.29) is 18.5 Å². The van der Waals surface area contributed by atoms with Crippen LogP contribution in [0.2, 0.25) is 0 Å². The maximum atomic E-state index is 12.7. The Morgan fingerprint density at radius 1 is 1.38 bits per heavy atom. The number of ether oxygens (including phenoxy) is 1. The molecule has 1 amide bonds. The fraction of sp³-hybridized carbons (Fsp3) is 0.353. The first-order valence-electron chi connectivity index (χ1n) is 7.99. The maximum Gasteiger partial charge on any atom is 0.433 e. The summed E-state index contributed by atoms with van der Waals surface area (Å²) in [5, 5.41) is 1.92. The molecule has 26 heavy (non-hydrogen) atoms. The summed E-state index contributed by atoms with van der Waals surface area (Å²) in [6.45, 7) is 0.865. The van der Waals surface area contributed by atoms with Gasteiger partial charge in [-0.15, -0.1) is 11.3 Å². The van der Waals surface area contributed by atoms with Gasteiger partial charge in [-0.05, 0) is 36.4 Å². The highest BCUT2D eigenvalue weighted by Gasteiger charge is 2.33. The lowest BCUT2D eigenvalue weighted by molar-refractivity contribution is -0.141. The highest BCUT2D eigenvalue weighted by molar-refractivity contribution is 7.10. The third-order valence-corrected chi connectivity index (χ3v) is 4.66. The lowest BCUT2D eigenvalue weighted by Gasteiger charge is -2.31. The van der Waals surface area contributed by atoms with Crippen molar-refractivity contribution in [3.05, 3.63) is 46.4 Å². The van der Waals surface area contributed by atoms with Crippen LogP contribution in [0.25, 0.3) is 6.08 Å². The monoisotopic (exact) mass is 383 g/mol. The van der Waals surface area contributed by atoms with E-state index >= 15 is 0 Å². The molecule has 3 heterocycles. The summed E-state index contributed by atoms with van der Waals surface area (Å²) in [7, 11) is 0. The van der Waals surface area contributed by atoms with Crippen molar-refractivity contribution in [3.63, 3.8) is 0 Å². The van der Waals surface area contributed by atoms with E-state index in [1.807, 2.05) is 17.5 Å². The largest absolute Gasteiger partial charge is 0.458 e. The van der Waals surface area contributed by atoms with Crippen LogP contribution in [0.1, 0.15) is 23.4 Å². The first-order chi connectivity index (χ1) is 12.4. The third kappa shape index (κ3) is 4.81. The van der Waals surface area contributed by atoms with Crippen molar-refractivity contribution < 1.29 is 22.7 Å². The van der Waals surface area contributed by atoms with Gasteiger partial charge in [-0.25, -0.2) is 4.98 Å². The van der Waals surface area contributed by atoms with Gasteiger partial charge in [0.1, 0.15) is 6.10 Å². The number of nitrogens with zero attached hydrogens (tertiary/aromatic N) is 3. The van der Waals surface area contributed by atoms with Gasteiger partial charge in [0, 0.05) is 23.7 Å². The molecule has 3 rings (SSSR count). The summed E-state index contributed by atoms with van der Waals surface area (Å²) in [4.78, 5) is 22.0. The van der Waals surface area contributed by atoms with Gasteiger partial charge < -0.3 is 9.64 Å². The summed E-state index contributed by atoms with van der Waals surface area (Å²) in [6.07, 6.45) is 0.581. The van der Waals surface area contributed by atoms with Gasteiger partial charge in [0.15, 0.2) is 5.69 Å². The molecule has 1 atom stereocenters. The predicted molar refractivity (Wildman–Crippen MR) is 90.6 cm³/mol. The second-order valence-electron chi connectivity index (χ2n) is 5.74. The first kappa shape index (κ1) is 18.4. The molecule has 1 fully saturated rings. The molecule has 5 nitrogen and oxygen atoms in total. The number of likely N-dealkylation sites (tertiary alicyclic amines) is 1. The third-order valence-electron chi connectivity index (χ3n) is 3.82. The number of hydrogen-bond acceptors (Lipinski definition) is 5. The van der Waals surface area contributed by atoms with Crippen LogP contribution < -0.4 is 4.74 Å². The zero-order valence-corrected chi connectivity index (χ0v) is 14.5. The molecule has 9 heteroatoms. The Hall–Kier alpha value is -2.42. The number of rotatable bonds is 4. The molecule has 2 aromatic rings. The van der Waals surface area contributed by atoms with Crippen LogP contribution in [0.3, 0.4) is 0 Å². The highest BCUT2D eigenvalue weighted by atomic mass is 32.1. The molecule has 0 radical (unpaired) electrons. The van der Waals surface area contributed by atoms with E-state index in [0.29, 0.717) is 19.4 Å². The van der Waals surface area contributed by atoms with E-state index in [2.05, 4.69) is 9.97 Å². The molecule has 0 spiro atoms. The number of halogens is 3. The number of alkyl halides is 3. The Kier molecular flexibility index (Phi) is 5.55. The zero-order chi connectivity index (χ0) is 18.6. The van der Waals surface area contributed by atoms with E-state index in [9.17, 15) is 18.0 Å². The number of carbonyl (C=O) groups excluding carboxylic acids is 1. The number of piperidine rings is 1. The number of carbonyl (C=O) groups is 1. The molecule has 2 aromatic heterocycles. The molecule has 138 valence electrons. The number of thiophene rings is 1. The Labute approximate surface area is 152 Å². The molecule has 1 aliphatic heterocycles. The lowest BCUT2D eigenvalue weighted by Crippen LogP contribution is -2.44. The fourth-order valence-corrected chi connectivity index (χ4v) is 3.20. The smallest absolute Gasteiger partial charge is 0.433 e. The standard InChI is InChI=1S/C17H16F3N3O2S/c18-17(19,20)14-7-8-21-16(22-14)25-12-3-1-9-23(11-12)15(24)6-5-13-4-2-10-26-13/h2,4-8,10,12H,1,3,9,11H2/b6-5+. The summed E-state index contributed by atoms with van der Waals surface area (Å²) in [5.74, 6) is -0.156. The molecule has 1 unspecified atom stereocenters. The summed E-state index contributed by atoms with van der Waals surface area (Å²) in [5.41, 5.74) is -1.05. The van der Waals surface area contributed by atoms with Crippen LogP contribution >= 0.6 is 11.3 Å². The van der Waals surface area contributed by atoms with Gasteiger partial charge in [0.05, 0.1) is 6.54 Å². The lowest BCUT2D eigenvalue weighted by atomic mass is 10.1. The Morgan fingerprint density at radius 3 is 2.96 bits per heavy atom. The van der Waals surface area contributed by atoms with Crippen LogP contribution in [-0.2, 0) is 11.0 Å². The summed E-state index contributed by atoms with van der Waals surface area (Å²) in [6, 6.07) is 4.27. The zero-order valence-electron chi connectivity index (χ0n) is 13.6. The predicted octanol–water partition coefficient (Wildman–Crippen LogP) is 3.64. The van der Waals surface area contributed by atoms with Crippen LogP contribution in [0.4, 0.5) is 13.2 Å². The van der Waals surface area contributed by atoms with Gasteiger partial charge in [-0.1, -0.05) is 6.07 Å². The second kappa shape index (κ2) is 7.86. The molecule has 0 N–H and O–H groups in total. The van der Waals surface area contributed by atoms with Crippen molar-refractivity contribution in [1.82, 2.24) is 14.9 Å². The maximum absolute atomic E-state index is 12.7. The Balaban J connectivity index is 1.61. The van der Waals surface area contributed by atoms with Crippen molar-refractivity contribution in [1.29, 1.82) is 0 Å². The van der Waals surface area contributed by atoms with E-state index in [0.717, 1.165) is 17.1 Å². The molecule has 0 aliphatic carbocycles. The van der Waals surface area contributed by atoms with Crippen LogP contribution in [-0.4, -0.2) is 40.0 Å². The van der Waals surface area contributed by atoms with Gasteiger partial charge in [0.25, 0.3) is 0 Å². The minimum atomic E-state index is -4.55. The van der Waals surface area contributed by atoms with Crippen molar-refractivity contribution in [3.8, 4) is 6.01 Å². The molecular formula is C17H16F3N3O2S. The summed E-state index contributed by atoms with van der Waals surface area (Å²) < 4.78 is 43.6. The Morgan fingerprint density at radius 2 is 2.23 bits per heavy atom. The topological polar surface area (TPSA) is 55.3 Å². The molecule has 0 bridgehead atoms. The van der Waals surface area contributed by atoms with Crippen molar-refractivity contribution in [2.45, 2.75) is 25.1 Å². The van der Waals surface area contributed by atoms with Crippen LogP contribution in [0.5, 0.6) is 6.01 Å². The minimum Gasteiger partial charge on any atom is -0.458 e. The second-order valence-corrected chi connectivity index (χ2v) is 6.72. The highest BCUT2D eigenvalue weighted by Crippen LogP contribution is 2.28.